The lowest BCUT2D eigenvalue weighted by molar-refractivity contribution is -0.168. The van der Waals surface area contributed by atoms with Gasteiger partial charge in [-0.05, 0) is 46.7 Å². The van der Waals surface area contributed by atoms with Crippen molar-refractivity contribution >= 4 is 17.8 Å². The van der Waals surface area contributed by atoms with Gasteiger partial charge in [-0.15, -0.1) is 0 Å². The van der Waals surface area contributed by atoms with Crippen molar-refractivity contribution in [1.82, 2.24) is 15.1 Å². The zero-order chi connectivity index (χ0) is 19.6. The second-order valence-corrected chi connectivity index (χ2v) is 6.63. The second-order valence-electron chi connectivity index (χ2n) is 6.63. The van der Waals surface area contributed by atoms with E-state index in [1.165, 1.54) is 6.92 Å². The Morgan fingerprint density at radius 2 is 1.50 bits per heavy atom. The first-order valence-corrected chi connectivity index (χ1v) is 9.39. The number of likely N-dealkylation sites (N-methyl/N-ethyl adjacent to an activating group) is 1. The first-order chi connectivity index (χ1) is 12.4. The van der Waals surface area contributed by atoms with Gasteiger partial charge in [-0.2, -0.15) is 0 Å². The van der Waals surface area contributed by atoms with Crippen LogP contribution in [0.4, 0.5) is 0 Å². The average molecular weight is 371 g/mol. The summed E-state index contributed by atoms with van der Waals surface area (Å²) in [6.07, 6.45) is 1.59. The molecule has 0 spiro atoms. The number of hydrogen-bond acceptors (Lipinski definition) is 7. The van der Waals surface area contributed by atoms with Crippen LogP contribution >= 0.6 is 0 Å². The molecule has 1 rings (SSSR count). The highest BCUT2D eigenvalue weighted by Gasteiger charge is 2.49. The molecular formula is C18H33N3O5. The van der Waals surface area contributed by atoms with Gasteiger partial charge < -0.3 is 24.6 Å². The van der Waals surface area contributed by atoms with E-state index >= 15 is 0 Å². The van der Waals surface area contributed by atoms with Gasteiger partial charge in [0.05, 0.1) is 13.2 Å². The van der Waals surface area contributed by atoms with Crippen molar-refractivity contribution in [3.63, 3.8) is 0 Å². The van der Waals surface area contributed by atoms with Crippen LogP contribution in [-0.2, 0) is 23.9 Å². The fraction of sp³-hybridized carbons (Fsp3) is 0.833. The van der Waals surface area contributed by atoms with Crippen LogP contribution in [0.1, 0.15) is 40.0 Å². The third kappa shape index (κ3) is 6.57. The highest BCUT2D eigenvalue weighted by atomic mass is 16.6. The zero-order valence-corrected chi connectivity index (χ0v) is 16.5. The van der Waals surface area contributed by atoms with Crippen molar-refractivity contribution in [3.8, 4) is 0 Å². The van der Waals surface area contributed by atoms with Crippen LogP contribution in [0.3, 0.4) is 0 Å². The van der Waals surface area contributed by atoms with Gasteiger partial charge in [-0.1, -0.05) is 0 Å². The zero-order valence-electron chi connectivity index (χ0n) is 16.5. The van der Waals surface area contributed by atoms with Crippen molar-refractivity contribution in [3.05, 3.63) is 0 Å². The molecule has 8 heteroatoms. The van der Waals surface area contributed by atoms with E-state index in [2.05, 4.69) is 22.2 Å². The molecule has 1 aliphatic heterocycles. The van der Waals surface area contributed by atoms with Crippen LogP contribution in [0.5, 0.6) is 0 Å². The van der Waals surface area contributed by atoms with Gasteiger partial charge >= 0.3 is 11.9 Å². The topological polar surface area (TPSA) is 88.2 Å². The summed E-state index contributed by atoms with van der Waals surface area (Å²) in [5, 5.41) is 2.50. The molecular weight excluding hydrogens is 338 g/mol. The van der Waals surface area contributed by atoms with Crippen LogP contribution in [-0.4, -0.2) is 86.2 Å². The smallest absolute Gasteiger partial charge is 0.343 e. The highest BCUT2D eigenvalue weighted by molar-refractivity contribution is 6.07. The van der Waals surface area contributed by atoms with Gasteiger partial charge in [-0.25, -0.2) is 9.59 Å². The molecule has 0 unspecified atom stereocenters. The molecule has 1 fully saturated rings. The molecule has 8 nitrogen and oxygen atoms in total. The first-order valence-electron chi connectivity index (χ1n) is 9.39. The molecule has 150 valence electrons. The predicted octanol–water partition coefficient (Wildman–Crippen LogP) is 0.405. The third-order valence-electron chi connectivity index (χ3n) is 4.51. The Morgan fingerprint density at radius 3 is 1.96 bits per heavy atom. The van der Waals surface area contributed by atoms with Crippen LogP contribution in [0.2, 0.25) is 0 Å². The summed E-state index contributed by atoms with van der Waals surface area (Å²) in [5.41, 5.74) is -1.76. The maximum Gasteiger partial charge on any atom is 0.343 e. The average Bonchev–Trinajstić information content (AvgIpc) is 2.59. The number of amides is 1. The number of carbonyl (C=O) groups is 3. The van der Waals surface area contributed by atoms with E-state index in [4.69, 9.17) is 9.47 Å². The molecule has 0 saturated carbocycles. The standard InChI is InChI=1S/C18H33N3O5/c1-5-25-16(23)18(19-15(3)22,17(24)26-6-2)9-7-8-10-21-13-11-20(4)12-14-21/h5-14H2,1-4H3,(H,19,22). The van der Waals surface area contributed by atoms with Gasteiger partial charge in [0.1, 0.15) is 0 Å². The van der Waals surface area contributed by atoms with Gasteiger partial charge in [0.15, 0.2) is 0 Å². The number of nitrogens with one attached hydrogen (secondary N) is 1. The lowest BCUT2D eigenvalue weighted by atomic mass is 9.92. The summed E-state index contributed by atoms with van der Waals surface area (Å²) in [6, 6.07) is 0. The van der Waals surface area contributed by atoms with Gasteiger partial charge in [0.25, 0.3) is 0 Å². The number of piperazine rings is 1. The monoisotopic (exact) mass is 371 g/mol. The number of hydrogen-bond donors (Lipinski definition) is 1. The van der Waals surface area contributed by atoms with Crippen LogP contribution < -0.4 is 5.32 Å². The summed E-state index contributed by atoms with van der Waals surface area (Å²) in [7, 11) is 2.11. The van der Waals surface area contributed by atoms with E-state index in [0.29, 0.717) is 6.42 Å². The molecule has 0 bridgehead atoms. The van der Waals surface area contributed by atoms with Gasteiger partial charge in [0.2, 0.25) is 11.4 Å². The quantitative estimate of drug-likeness (QED) is 0.338. The molecule has 0 aliphatic carbocycles. The first kappa shape index (κ1) is 22.4. The van der Waals surface area contributed by atoms with Crippen LogP contribution in [0.25, 0.3) is 0 Å². The van der Waals surface area contributed by atoms with Gasteiger partial charge in [0, 0.05) is 33.1 Å². The lowest BCUT2D eigenvalue weighted by Gasteiger charge is -2.33. The van der Waals surface area contributed by atoms with Gasteiger partial charge in [-0.3, -0.25) is 4.79 Å². The number of unbranched alkanes of at least 4 members (excludes halogenated alkanes) is 1. The summed E-state index contributed by atoms with van der Waals surface area (Å²) in [4.78, 5) is 41.3. The molecule has 1 saturated heterocycles. The number of nitrogens with zero attached hydrogens (tertiary/aromatic N) is 2. The SMILES string of the molecule is CCOC(=O)C(CCCCN1CCN(C)CC1)(NC(C)=O)C(=O)OCC. The molecule has 0 aromatic rings. The van der Waals surface area contributed by atoms with Crippen molar-refractivity contribution in [2.24, 2.45) is 0 Å². The fourth-order valence-electron chi connectivity index (χ4n) is 3.06. The Kier molecular flexibility index (Phi) is 9.58. The second kappa shape index (κ2) is 11.1. The lowest BCUT2D eigenvalue weighted by Crippen LogP contribution is -2.61. The molecule has 0 aromatic carbocycles. The van der Waals surface area contributed by atoms with E-state index in [1.54, 1.807) is 13.8 Å². The minimum Gasteiger partial charge on any atom is -0.464 e. The molecule has 1 heterocycles. The molecule has 1 amide bonds. The normalized spacial score (nSPS) is 16.2. The molecule has 26 heavy (non-hydrogen) atoms. The summed E-state index contributed by atoms with van der Waals surface area (Å²) in [6.45, 7) is 9.87. The minimum absolute atomic E-state index is 0.126. The van der Waals surface area contributed by atoms with Crippen molar-refractivity contribution in [2.45, 2.75) is 45.6 Å². The highest BCUT2D eigenvalue weighted by Crippen LogP contribution is 2.20. The Bertz CT molecular complexity index is 457. The van der Waals surface area contributed by atoms with E-state index in [9.17, 15) is 14.4 Å². The van der Waals surface area contributed by atoms with E-state index < -0.39 is 23.4 Å². The molecule has 1 aliphatic rings. The largest absolute Gasteiger partial charge is 0.464 e. The minimum atomic E-state index is -1.76. The Hall–Kier alpha value is -1.67. The Labute approximate surface area is 156 Å². The summed E-state index contributed by atoms with van der Waals surface area (Å²) >= 11 is 0. The van der Waals surface area contributed by atoms with E-state index in [-0.39, 0.29) is 19.6 Å². The molecule has 1 N–H and O–H groups in total. The van der Waals surface area contributed by atoms with Crippen molar-refractivity contribution in [2.75, 3.05) is 53.0 Å². The fourth-order valence-corrected chi connectivity index (χ4v) is 3.06. The molecule has 0 aromatic heterocycles. The van der Waals surface area contributed by atoms with E-state index in [0.717, 1.165) is 39.1 Å². The maximum atomic E-state index is 12.5. The maximum absolute atomic E-state index is 12.5. The third-order valence-corrected chi connectivity index (χ3v) is 4.51. The summed E-state index contributed by atoms with van der Waals surface area (Å²) < 4.78 is 10.1. The number of ether oxygens (including phenoxy) is 2. The van der Waals surface area contributed by atoms with Crippen molar-refractivity contribution < 1.29 is 23.9 Å². The summed E-state index contributed by atoms with van der Waals surface area (Å²) in [5.74, 6) is -1.98. The van der Waals surface area contributed by atoms with Crippen LogP contribution in [0.15, 0.2) is 0 Å². The Morgan fingerprint density at radius 1 is 0.962 bits per heavy atom. The van der Waals surface area contributed by atoms with Crippen molar-refractivity contribution in [1.29, 1.82) is 0 Å². The molecule has 0 atom stereocenters. The number of carbonyl (C=O) groups excluding carboxylic acids is 3. The Balaban J connectivity index is 2.71. The molecule has 0 radical (unpaired) electrons. The number of esters is 2. The predicted molar refractivity (Wildman–Crippen MR) is 97.6 cm³/mol. The number of rotatable bonds is 10. The van der Waals surface area contributed by atoms with E-state index in [1.807, 2.05) is 0 Å². The van der Waals surface area contributed by atoms with Crippen LogP contribution in [0, 0.1) is 0 Å².